The number of pyridine rings is 2. The molecule has 30 heavy (non-hydrogen) atoms. The monoisotopic (exact) mass is 526 g/mol. The molecule has 7 nitrogen and oxygen atoms in total. The molecule has 162 valence electrons. The van der Waals surface area contributed by atoms with Crippen molar-refractivity contribution in [2.75, 3.05) is 31.6 Å². The van der Waals surface area contributed by atoms with Crippen LogP contribution in [0.25, 0.3) is 0 Å². The Kier molecular flexibility index (Phi) is 8.06. The average Bonchev–Trinajstić information content (AvgIpc) is 3.47. The smallest absolute Gasteiger partial charge is 0.213 e. The first kappa shape index (κ1) is 22.5. The molecule has 1 unspecified atom stereocenters. The molecule has 1 saturated heterocycles. The van der Waals surface area contributed by atoms with Gasteiger partial charge in [-0.15, -0.1) is 24.0 Å². The molecule has 0 aromatic carbocycles. The Balaban J connectivity index is 0.00000256. The van der Waals surface area contributed by atoms with Crippen molar-refractivity contribution in [3.05, 3.63) is 48.0 Å². The lowest BCUT2D eigenvalue weighted by Crippen LogP contribution is -2.44. The van der Waals surface area contributed by atoms with Crippen molar-refractivity contribution in [1.29, 1.82) is 0 Å². The number of hydrogen-bond donors (Lipinski definition) is 2. The summed E-state index contributed by atoms with van der Waals surface area (Å²) >= 11 is 0. The second kappa shape index (κ2) is 10.7. The number of aromatic nitrogens is 2. The molecule has 0 radical (unpaired) electrons. The van der Waals surface area contributed by atoms with Crippen LogP contribution in [0.5, 0.6) is 5.88 Å². The van der Waals surface area contributed by atoms with Gasteiger partial charge in [0.05, 0.1) is 6.61 Å². The van der Waals surface area contributed by atoms with E-state index in [1.807, 2.05) is 17.0 Å². The fourth-order valence-electron chi connectivity index (χ4n) is 3.38. The molecule has 2 aliphatic rings. The van der Waals surface area contributed by atoms with Gasteiger partial charge in [-0.2, -0.15) is 0 Å². The normalized spacial score (nSPS) is 18.7. The van der Waals surface area contributed by atoms with Gasteiger partial charge < -0.3 is 20.3 Å². The summed E-state index contributed by atoms with van der Waals surface area (Å²) in [6.07, 6.45) is 6.80. The maximum atomic E-state index is 14.0. The second-order valence-corrected chi connectivity index (χ2v) is 7.57. The van der Waals surface area contributed by atoms with Gasteiger partial charge in [-0.3, -0.25) is 4.99 Å². The molecule has 2 aromatic heterocycles. The van der Waals surface area contributed by atoms with E-state index in [0.29, 0.717) is 30.7 Å². The third-order valence-corrected chi connectivity index (χ3v) is 5.21. The molecule has 0 amide bonds. The number of rotatable bonds is 7. The van der Waals surface area contributed by atoms with E-state index in [0.717, 1.165) is 31.1 Å². The summed E-state index contributed by atoms with van der Waals surface area (Å²) in [5.41, 5.74) is 1.08. The van der Waals surface area contributed by atoms with Gasteiger partial charge in [0, 0.05) is 51.2 Å². The van der Waals surface area contributed by atoms with Crippen molar-refractivity contribution < 1.29 is 9.13 Å². The first-order chi connectivity index (χ1) is 14.2. The van der Waals surface area contributed by atoms with E-state index in [-0.39, 0.29) is 35.8 Å². The van der Waals surface area contributed by atoms with Crippen LogP contribution < -0.4 is 20.3 Å². The minimum atomic E-state index is -0.284. The van der Waals surface area contributed by atoms with Gasteiger partial charge in [0.15, 0.2) is 17.6 Å². The Morgan fingerprint density at radius 3 is 2.90 bits per heavy atom. The number of nitrogens with one attached hydrogen (secondary N) is 2. The minimum absolute atomic E-state index is 0. The largest absolute Gasteiger partial charge is 0.477 e. The molecular weight excluding hydrogens is 498 g/mol. The third kappa shape index (κ3) is 6.16. The topological polar surface area (TPSA) is 74.7 Å². The lowest BCUT2D eigenvalue weighted by molar-refractivity contribution is 0.288. The molecule has 2 fully saturated rings. The number of nitrogens with zero attached hydrogens (tertiary/aromatic N) is 4. The minimum Gasteiger partial charge on any atom is -0.477 e. The number of aliphatic imine (C=N–C) groups is 1. The summed E-state index contributed by atoms with van der Waals surface area (Å²) in [7, 11) is 1.75. The fourth-order valence-corrected chi connectivity index (χ4v) is 3.38. The highest BCUT2D eigenvalue weighted by molar-refractivity contribution is 14.0. The number of ether oxygens (including phenoxy) is 1. The lowest BCUT2D eigenvalue weighted by Gasteiger charge is -2.20. The summed E-state index contributed by atoms with van der Waals surface area (Å²) < 4.78 is 19.7. The van der Waals surface area contributed by atoms with Crippen molar-refractivity contribution in [2.24, 2.45) is 10.9 Å². The highest BCUT2D eigenvalue weighted by Crippen LogP contribution is 2.29. The van der Waals surface area contributed by atoms with Crippen LogP contribution >= 0.6 is 24.0 Å². The van der Waals surface area contributed by atoms with Crippen LogP contribution in [0.4, 0.5) is 10.2 Å². The predicted octanol–water partition coefficient (Wildman–Crippen LogP) is 2.97. The highest BCUT2D eigenvalue weighted by atomic mass is 127. The molecule has 9 heteroatoms. The van der Waals surface area contributed by atoms with Crippen molar-refractivity contribution in [3.63, 3.8) is 0 Å². The number of anilines is 1. The van der Waals surface area contributed by atoms with Gasteiger partial charge in [-0.1, -0.05) is 0 Å². The lowest BCUT2D eigenvalue weighted by atomic mass is 10.2. The van der Waals surface area contributed by atoms with E-state index < -0.39 is 0 Å². The van der Waals surface area contributed by atoms with Crippen LogP contribution in [0.15, 0.2) is 41.7 Å². The van der Waals surface area contributed by atoms with Crippen LogP contribution in [-0.2, 0) is 6.54 Å². The molecule has 2 N–H and O–H groups in total. The first-order valence-electron chi connectivity index (χ1n) is 10.1. The average molecular weight is 526 g/mol. The van der Waals surface area contributed by atoms with Gasteiger partial charge >= 0.3 is 0 Å². The Bertz CT molecular complexity index is 863. The zero-order valence-electron chi connectivity index (χ0n) is 17.1. The summed E-state index contributed by atoms with van der Waals surface area (Å²) in [6, 6.07) is 7.16. The molecule has 0 spiro atoms. The maximum Gasteiger partial charge on any atom is 0.213 e. The molecule has 0 bridgehead atoms. The fraction of sp³-hybridized carbons (Fsp3) is 0.476. The molecule has 1 saturated carbocycles. The maximum absolute atomic E-state index is 14.0. The van der Waals surface area contributed by atoms with Crippen LogP contribution in [0.1, 0.15) is 24.8 Å². The number of guanidine groups is 1. The highest BCUT2D eigenvalue weighted by Gasteiger charge is 2.26. The van der Waals surface area contributed by atoms with Crippen LogP contribution in [-0.4, -0.2) is 48.7 Å². The molecule has 1 aliphatic heterocycles. The molecule has 1 atom stereocenters. The quantitative estimate of drug-likeness (QED) is 0.329. The van der Waals surface area contributed by atoms with E-state index in [9.17, 15) is 4.39 Å². The Hall–Kier alpha value is -2.17. The van der Waals surface area contributed by atoms with Crippen molar-refractivity contribution >= 4 is 35.8 Å². The van der Waals surface area contributed by atoms with Gasteiger partial charge in [-0.25, -0.2) is 14.4 Å². The summed E-state index contributed by atoms with van der Waals surface area (Å²) in [6.45, 7) is 2.81. The van der Waals surface area contributed by atoms with Gasteiger partial charge in [0.2, 0.25) is 5.88 Å². The molecule has 4 rings (SSSR count). The predicted molar refractivity (Wildman–Crippen MR) is 126 cm³/mol. The standard InChI is InChI=1S/C21H27FN6O.HI/c1-23-21(26-12-16-6-9-24-19(11-16)29-14-15-4-5-15)27-17-7-10-28(13-17)20-18(22)3-2-8-25-20;/h2-3,6,8-9,11,15,17H,4-5,7,10,12-14H2,1H3,(H2,23,26,27);1H. The zero-order chi connectivity index (χ0) is 20.1. The van der Waals surface area contributed by atoms with Gasteiger partial charge in [0.1, 0.15) is 0 Å². The SMILES string of the molecule is CN=C(NCc1ccnc(OCC2CC2)c1)NC1CCN(c2ncccc2F)C1.I. The summed E-state index contributed by atoms with van der Waals surface area (Å²) in [5.74, 6) is 2.22. The Labute approximate surface area is 193 Å². The van der Waals surface area contributed by atoms with Crippen molar-refractivity contribution in [1.82, 2.24) is 20.6 Å². The zero-order valence-corrected chi connectivity index (χ0v) is 19.4. The van der Waals surface area contributed by atoms with Crippen LogP contribution in [0.3, 0.4) is 0 Å². The van der Waals surface area contributed by atoms with Crippen molar-refractivity contribution in [3.8, 4) is 5.88 Å². The van der Waals surface area contributed by atoms with E-state index in [1.54, 1.807) is 25.5 Å². The van der Waals surface area contributed by atoms with E-state index in [1.165, 1.54) is 18.9 Å². The van der Waals surface area contributed by atoms with E-state index in [2.05, 4.69) is 25.6 Å². The summed E-state index contributed by atoms with van der Waals surface area (Å²) in [4.78, 5) is 14.7. The van der Waals surface area contributed by atoms with E-state index in [4.69, 9.17) is 4.74 Å². The first-order valence-corrected chi connectivity index (χ1v) is 10.1. The van der Waals surface area contributed by atoms with Gasteiger partial charge in [-0.05, 0) is 48.9 Å². The number of hydrogen-bond acceptors (Lipinski definition) is 5. The van der Waals surface area contributed by atoms with Crippen LogP contribution in [0, 0.1) is 11.7 Å². The molecule has 3 heterocycles. The molecule has 1 aliphatic carbocycles. The Morgan fingerprint density at radius 2 is 2.13 bits per heavy atom. The Morgan fingerprint density at radius 1 is 1.27 bits per heavy atom. The van der Waals surface area contributed by atoms with Gasteiger partial charge in [0.25, 0.3) is 0 Å². The second-order valence-electron chi connectivity index (χ2n) is 7.57. The van der Waals surface area contributed by atoms with E-state index >= 15 is 0 Å². The third-order valence-electron chi connectivity index (χ3n) is 5.21. The molecular formula is C21H28FIN6O. The van der Waals surface area contributed by atoms with Crippen molar-refractivity contribution in [2.45, 2.75) is 31.8 Å². The van der Waals surface area contributed by atoms with Crippen LogP contribution in [0.2, 0.25) is 0 Å². The molecule has 2 aromatic rings. The summed E-state index contributed by atoms with van der Waals surface area (Å²) in [5, 5.41) is 6.75. The number of halogens is 2.